The first-order chi connectivity index (χ1) is 7.93. The lowest BCUT2D eigenvalue weighted by molar-refractivity contribution is 1.01. The van der Waals surface area contributed by atoms with Crippen molar-refractivity contribution in [2.45, 2.75) is 0 Å². The van der Waals surface area contributed by atoms with Crippen LogP contribution in [-0.4, -0.2) is 24.6 Å². The number of nitrogens with zero attached hydrogens (tertiary/aromatic N) is 4. The van der Waals surface area contributed by atoms with Crippen molar-refractivity contribution in [3.05, 3.63) is 36.8 Å². The van der Waals surface area contributed by atoms with E-state index in [0.717, 1.165) is 27.7 Å². The third kappa shape index (κ3) is 0.826. The molecule has 0 amide bonds. The molecule has 1 N–H and O–H groups in total. The van der Waals surface area contributed by atoms with Gasteiger partial charge in [0, 0.05) is 18.5 Å². The molecule has 0 saturated heterocycles. The van der Waals surface area contributed by atoms with Gasteiger partial charge in [0.25, 0.3) is 0 Å². The second kappa shape index (κ2) is 2.57. The van der Waals surface area contributed by atoms with Crippen LogP contribution in [0.15, 0.2) is 36.8 Å². The smallest absolute Gasteiger partial charge is 0.154 e. The molecule has 0 aliphatic carbocycles. The van der Waals surface area contributed by atoms with Gasteiger partial charge in [0.05, 0.1) is 11.7 Å². The molecule has 0 unspecified atom stereocenters. The van der Waals surface area contributed by atoms with Gasteiger partial charge in [-0.15, -0.1) is 0 Å². The molecule has 76 valence electrons. The Kier molecular flexibility index (Phi) is 1.26. The number of H-pyrrole nitrogens is 1. The van der Waals surface area contributed by atoms with Gasteiger partial charge in [-0.3, -0.25) is 15.1 Å². The molecular formula is C11H7N5. The van der Waals surface area contributed by atoms with Gasteiger partial charge in [-0.05, 0) is 12.1 Å². The minimum atomic E-state index is 0.859. The monoisotopic (exact) mass is 209 g/mol. The van der Waals surface area contributed by atoms with Gasteiger partial charge in [-0.2, -0.15) is 0 Å². The molecule has 16 heavy (non-hydrogen) atoms. The minimum absolute atomic E-state index is 0.859. The summed E-state index contributed by atoms with van der Waals surface area (Å²) in [6.45, 7) is 0. The van der Waals surface area contributed by atoms with Gasteiger partial charge in [0.1, 0.15) is 16.6 Å². The van der Waals surface area contributed by atoms with Crippen molar-refractivity contribution in [2.75, 3.05) is 0 Å². The van der Waals surface area contributed by atoms with Gasteiger partial charge in [-0.1, -0.05) is 0 Å². The van der Waals surface area contributed by atoms with E-state index in [4.69, 9.17) is 0 Å². The molecule has 5 nitrogen and oxygen atoms in total. The predicted molar refractivity (Wildman–Crippen MR) is 60.1 cm³/mol. The van der Waals surface area contributed by atoms with Gasteiger partial charge >= 0.3 is 0 Å². The Morgan fingerprint density at radius 1 is 1.12 bits per heavy atom. The largest absolute Gasteiger partial charge is 0.299 e. The lowest BCUT2D eigenvalue weighted by Gasteiger charge is -1.97. The molecule has 0 aliphatic rings. The van der Waals surface area contributed by atoms with E-state index in [1.165, 1.54) is 0 Å². The summed E-state index contributed by atoms with van der Waals surface area (Å²) in [5.41, 5.74) is 4.47. The lowest BCUT2D eigenvalue weighted by atomic mass is 10.3. The maximum atomic E-state index is 4.45. The Morgan fingerprint density at radius 2 is 2.12 bits per heavy atom. The molecule has 0 spiro atoms. The van der Waals surface area contributed by atoms with E-state index in [0.29, 0.717) is 0 Å². The SMILES string of the molecule is c1cnc2c(c1)ncc1nc3cc[nH]n3c12. The van der Waals surface area contributed by atoms with Crippen molar-refractivity contribution in [1.82, 2.24) is 24.6 Å². The molecule has 0 radical (unpaired) electrons. The van der Waals surface area contributed by atoms with E-state index in [1.54, 1.807) is 12.4 Å². The standard InChI is InChI=1S/C11H7N5/c1-2-7-10(12-4-1)11-8(6-13-7)15-9-3-5-14-16(9)11/h1-6,14H. The first-order valence-corrected chi connectivity index (χ1v) is 4.99. The zero-order chi connectivity index (χ0) is 10.5. The number of hydrogen-bond acceptors (Lipinski definition) is 3. The van der Waals surface area contributed by atoms with Crippen LogP contribution in [-0.2, 0) is 0 Å². The zero-order valence-corrected chi connectivity index (χ0v) is 8.25. The van der Waals surface area contributed by atoms with Crippen LogP contribution >= 0.6 is 0 Å². The van der Waals surface area contributed by atoms with Crippen LogP contribution in [0, 0.1) is 0 Å². The van der Waals surface area contributed by atoms with Crippen molar-refractivity contribution < 1.29 is 0 Å². The molecular weight excluding hydrogens is 202 g/mol. The molecule has 0 atom stereocenters. The highest BCUT2D eigenvalue weighted by Crippen LogP contribution is 2.21. The Balaban J connectivity index is 2.41. The maximum absolute atomic E-state index is 4.45. The highest BCUT2D eigenvalue weighted by molar-refractivity contribution is 6.00. The van der Waals surface area contributed by atoms with Crippen molar-refractivity contribution in [3.8, 4) is 0 Å². The van der Waals surface area contributed by atoms with E-state index >= 15 is 0 Å². The van der Waals surface area contributed by atoms with Crippen molar-refractivity contribution >= 4 is 27.7 Å². The number of rotatable bonds is 0. The maximum Gasteiger partial charge on any atom is 0.154 e. The fraction of sp³-hybridized carbons (Fsp3) is 0. The Bertz CT molecular complexity index is 811. The van der Waals surface area contributed by atoms with Crippen LogP contribution in [0.1, 0.15) is 0 Å². The molecule has 4 heterocycles. The quantitative estimate of drug-likeness (QED) is 0.480. The molecule has 0 saturated carbocycles. The van der Waals surface area contributed by atoms with Crippen LogP contribution < -0.4 is 0 Å². The average Bonchev–Trinajstić information content (AvgIpc) is 2.88. The predicted octanol–water partition coefficient (Wildman–Crippen LogP) is 1.76. The van der Waals surface area contributed by atoms with E-state index in [2.05, 4.69) is 20.1 Å². The fourth-order valence-corrected chi connectivity index (χ4v) is 2.02. The van der Waals surface area contributed by atoms with Crippen LogP contribution in [0.3, 0.4) is 0 Å². The number of imidazole rings is 1. The van der Waals surface area contributed by atoms with Gasteiger partial charge < -0.3 is 0 Å². The summed E-state index contributed by atoms with van der Waals surface area (Å²) in [4.78, 5) is 13.2. The first kappa shape index (κ1) is 7.81. The Hall–Kier alpha value is -2.43. The van der Waals surface area contributed by atoms with E-state index in [1.807, 2.05) is 28.9 Å². The highest BCUT2D eigenvalue weighted by Gasteiger charge is 2.09. The summed E-state index contributed by atoms with van der Waals surface area (Å²) >= 11 is 0. The third-order valence-corrected chi connectivity index (χ3v) is 2.70. The van der Waals surface area contributed by atoms with Crippen LogP contribution in [0.4, 0.5) is 0 Å². The van der Waals surface area contributed by atoms with Crippen molar-refractivity contribution in [2.24, 2.45) is 0 Å². The molecule has 4 aromatic heterocycles. The van der Waals surface area contributed by atoms with E-state index in [9.17, 15) is 0 Å². The van der Waals surface area contributed by atoms with E-state index < -0.39 is 0 Å². The molecule has 0 aromatic carbocycles. The molecule has 4 aromatic rings. The Labute approximate surface area is 89.7 Å². The zero-order valence-electron chi connectivity index (χ0n) is 8.25. The van der Waals surface area contributed by atoms with Gasteiger partial charge in [0.2, 0.25) is 0 Å². The summed E-state index contributed by atoms with van der Waals surface area (Å²) < 4.78 is 1.92. The molecule has 4 rings (SSSR count). The van der Waals surface area contributed by atoms with Crippen LogP contribution in [0.2, 0.25) is 0 Å². The second-order valence-electron chi connectivity index (χ2n) is 3.63. The number of hydrogen-bond donors (Lipinski definition) is 1. The Morgan fingerprint density at radius 3 is 3.12 bits per heavy atom. The first-order valence-electron chi connectivity index (χ1n) is 4.99. The normalized spacial score (nSPS) is 11.8. The molecule has 0 aliphatic heterocycles. The van der Waals surface area contributed by atoms with Gasteiger partial charge in [0.15, 0.2) is 5.65 Å². The van der Waals surface area contributed by atoms with Crippen molar-refractivity contribution in [1.29, 1.82) is 0 Å². The highest BCUT2D eigenvalue weighted by atomic mass is 15.3. The van der Waals surface area contributed by atoms with Crippen molar-refractivity contribution in [3.63, 3.8) is 0 Å². The average molecular weight is 209 g/mol. The van der Waals surface area contributed by atoms with Gasteiger partial charge in [-0.25, -0.2) is 9.50 Å². The second-order valence-corrected chi connectivity index (χ2v) is 3.63. The third-order valence-electron chi connectivity index (χ3n) is 2.70. The summed E-state index contributed by atoms with van der Waals surface area (Å²) in [7, 11) is 0. The topological polar surface area (TPSA) is 58.9 Å². The number of nitrogens with one attached hydrogen (secondary N) is 1. The van der Waals surface area contributed by atoms with Crippen LogP contribution in [0.5, 0.6) is 0 Å². The summed E-state index contributed by atoms with van der Waals surface area (Å²) in [5.74, 6) is 0. The summed E-state index contributed by atoms with van der Waals surface area (Å²) in [5, 5.41) is 3.12. The number of aromatic amines is 1. The molecule has 5 heteroatoms. The summed E-state index contributed by atoms with van der Waals surface area (Å²) in [6, 6.07) is 5.76. The minimum Gasteiger partial charge on any atom is -0.299 e. The fourth-order valence-electron chi connectivity index (χ4n) is 2.02. The molecule has 0 fully saturated rings. The number of pyridine rings is 2. The van der Waals surface area contributed by atoms with Crippen LogP contribution in [0.25, 0.3) is 27.7 Å². The summed E-state index contributed by atoms with van der Waals surface area (Å²) in [6.07, 6.45) is 5.41. The number of fused-ring (bicyclic) bond motifs is 5. The van der Waals surface area contributed by atoms with E-state index in [-0.39, 0.29) is 0 Å². The lowest BCUT2D eigenvalue weighted by Crippen LogP contribution is -1.88. The number of aromatic nitrogens is 5. The molecule has 0 bridgehead atoms.